The van der Waals surface area contributed by atoms with Gasteiger partial charge < -0.3 is 14.6 Å². The van der Waals surface area contributed by atoms with Crippen molar-refractivity contribution in [2.24, 2.45) is 0 Å². The fraction of sp³-hybridized carbons (Fsp3) is 0.375. The van der Waals surface area contributed by atoms with Crippen molar-refractivity contribution in [1.82, 2.24) is 10.2 Å². The van der Waals surface area contributed by atoms with E-state index in [0.29, 0.717) is 27.8 Å². The normalized spacial score (nSPS) is 14.9. The van der Waals surface area contributed by atoms with Crippen LogP contribution in [0.15, 0.2) is 18.2 Å². The molecule has 0 bridgehead atoms. The average Bonchev–Trinajstić information content (AvgIpc) is 3.19. The Kier molecular flexibility index (Phi) is 4.43. The molecule has 0 aliphatic heterocycles. The second-order valence-corrected chi connectivity index (χ2v) is 5.92. The van der Waals surface area contributed by atoms with Gasteiger partial charge in [-0.2, -0.15) is 5.10 Å². The van der Waals surface area contributed by atoms with Gasteiger partial charge in [-0.25, -0.2) is 4.79 Å². The van der Waals surface area contributed by atoms with E-state index < -0.39 is 5.97 Å². The van der Waals surface area contributed by atoms with Crippen LogP contribution in [0.3, 0.4) is 0 Å². The first-order valence-electron chi connectivity index (χ1n) is 7.41. The summed E-state index contributed by atoms with van der Waals surface area (Å²) in [7, 11) is 1.55. The van der Waals surface area contributed by atoms with E-state index in [0.717, 1.165) is 25.7 Å². The van der Waals surface area contributed by atoms with Crippen LogP contribution in [0, 0.1) is 0 Å². The molecule has 1 aliphatic rings. The quantitative estimate of drug-likeness (QED) is 0.868. The van der Waals surface area contributed by atoms with Crippen LogP contribution in [0.2, 0.25) is 5.02 Å². The van der Waals surface area contributed by atoms with Crippen LogP contribution < -0.4 is 9.47 Å². The maximum absolute atomic E-state index is 11.0. The Balaban J connectivity index is 2.05. The summed E-state index contributed by atoms with van der Waals surface area (Å²) in [5.74, 6) is -0.0116. The van der Waals surface area contributed by atoms with Crippen molar-refractivity contribution in [3.8, 4) is 22.8 Å². The summed E-state index contributed by atoms with van der Waals surface area (Å²) in [5, 5.41) is 16.1. The summed E-state index contributed by atoms with van der Waals surface area (Å²) < 4.78 is 11.5. The van der Waals surface area contributed by atoms with E-state index in [1.165, 1.54) is 6.07 Å². The molecule has 0 spiro atoms. The standard InChI is InChI=1S/C16H17ClN2O4/c1-22-14-7-9(17)6-11(12-8-13(16(20)21)19-18-12)15(14)23-10-4-2-3-5-10/h6-8,10H,2-5H2,1H3,(H,18,19)(H,20,21). The smallest absolute Gasteiger partial charge is 0.353 e. The van der Waals surface area contributed by atoms with Gasteiger partial charge in [-0.05, 0) is 37.8 Å². The zero-order valence-corrected chi connectivity index (χ0v) is 13.4. The summed E-state index contributed by atoms with van der Waals surface area (Å²) in [5.41, 5.74) is 1.08. The van der Waals surface area contributed by atoms with Gasteiger partial charge in [0, 0.05) is 16.7 Å². The van der Waals surface area contributed by atoms with Gasteiger partial charge in [-0.1, -0.05) is 11.6 Å². The van der Waals surface area contributed by atoms with E-state index in [1.807, 2.05) is 0 Å². The second kappa shape index (κ2) is 6.50. The van der Waals surface area contributed by atoms with Crippen molar-refractivity contribution >= 4 is 17.6 Å². The molecule has 0 amide bonds. The molecule has 0 radical (unpaired) electrons. The number of benzene rings is 1. The van der Waals surface area contributed by atoms with Crippen LogP contribution in [-0.4, -0.2) is 34.5 Å². The first-order valence-corrected chi connectivity index (χ1v) is 7.79. The van der Waals surface area contributed by atoms with Crippen molar-refractivity contribution < 1.29 is 19.4 Å². The number of carbonyl (C=O) groups is 1. The lowest BCUT2D eigenvalue weighted by Gasteiger charge is -2.19. The van der Waals surface area contributed by atoms with Crippen molar-refractivity contribution in [2.45, 2.75) is 31.8 Å². The number of hydrogen-bond donors (Lipinski definition) is 2. The molecule has 1 fully saturated rings. The zero-order chi connectivity index (χ0) is 16.4. The third-order valence-corrected chi connectivity index (χ3v) is 4.13. The fourth-order valence-electron chi connectivity index (χ4n) is 2.77. The minimum absolute atomic E-state index is 0.00533. The highest BCUT2D eigenvalue weighted by atomic mass is 35.5. The van der Waals surface area contributed by atoms with Crippen molar-refractivity contribution in [3.63, 3.8) is 0 Å². The Hall–Kier alpha value is -2.21. The van der Waals surface area contributed by atoms with Crippen LogP contribution in [-0.2, 0) is 0 Å². The van der Waals surface area contributed by atoms with E-state index in [9.17, 15) is 4.79 Å². The largest absolute Gasteiger partial charge is 0.493 e. The van der Waals surface area contributed by atoms with Crippen LogP contribution in [0.1, 0.15) is 36.2 Å². The second-order valence-electron chi connectivity index (χ2n) is 5.48. The number of rotatable bonds is 5. The lowest BCUT2D eigenvalue weighted by Crippen LogP contribution is -2.12. The molecule has 1 heterocycles. The topological polar surface area (TPSA) is 84.4 Å². The molecule has 23 heavy (non-hydrogen) atoms. The number of aromatic carboxylic acids is 1. The molecule has 1 aromatic carbocycles. The van der Waals surface area contributed by atoms with Gasteiger partial charge in [0.25, 0.3) is 0 Å². The summed E-state index contributed by atoms with van der Waals surface area (Å²) in [6, 6.07) is 4.84. The Labute approximate surface area is 138 Å². The number of ether oxygens (including phenoxy) is 2. The molecule has 2 N–H and O–H groups in total. The van der Waals surface area contributed by atoms with Gasteiger partial charge in [0.05, 0.1) is 18.9 Å². The molecule has 1 aliphatic carbocycles. The molecule has 0 unspecified atom stereocenters. The molecular formula is C16H17ClN2O4. The summed E-state index contributed by atoms with van der Waals surface area (Å²) in [6.45, 7) is 0. The number of hydrogen-bond acceptors (Lipinski definition) is 4. The van der Waals surface area contributed by atoms with E-state index in [2.05, 4.69) is 10.2 Å². The number of aromatic nitrogens is 2. The number of H-pyrrole nitrogens is 1. The molecule has 2 aromatic rings. The molecule has 1 saturated carbocycles. The Morgan fingerprint density at radius 3 is 2.70 bits per heavy atom. The summed E-state index contributed by atoms with van der Waals surface area (Å²) in [6.07, 6.45) is 4.39. The molecule has 7 heteroatoms. The predicted molar refractivity (Wildman–Crippen MR) is 85.4 cm³/mol. The third kappa shape index (κ3) is 3.27. The Morgan fingerprint density at radius 2 is 2.09 bits per heavy atom. The molecule has 0 atom stereocenters. The maximum atomic E-state index is 11.0. The first kappa shape index (κ1) is 15.7. The number of carboxylic acids is 1. The highest BCUT2D eigenvalue weighted by molar-refractivity contribution is 6.31. The molecule has 1 aromatic heterocycles. The summed E-state index contributed by atoms with van der Waals surface area (Å²) >= 11 is 6.15. The minimum atomic E-state index is -1.07. The van der Waals surface area contributed by atoms with Gasteiger partial charge in [0.15, 0.2) is 11.5 Å². The van der Waals surface area contributed by atoms with E-state index in [1.54, 1.807) is 19.2 Å². The molecule has 122 valence electrons. The maximum Gasteiger partial charge on any atom is 0.353 e. The summed E-state index contributed by atoms with van der Waals surface area (Å²) in [4.78, 5) is 11.0. The van der Waals surface area contributed by atoms with Crippen molar-refractivity contribution in [1.29, 1.82) is 0 Å². The molecule has 0 saturated heterocycles. The van der Waals surface area contributed by atoms with Crippen LogP contribution in [0.5, 0.6) is 11.5 Å². The van der Waals surface area contributed by atoms with Gasteiger partial charge >= 0.3 is 5.97 Å². The van der Waals surface area contributed by atoms with E-state index >= 15 is 0 Å². The number of nitrogens with zero attached hydrogens (tertiary/aromatic N) is 1. The van der Waals surface area contributed by atoms with Gasteiger partial charge in [-0.15, -0.1) is 0 Å². The Morgan fingerprint density at radius 1 is 1.35 bits per heavy atom. The van der Waals surface area contributed by atoms with E-state index in [-0.39, 0.29) is 11.8 Å². The SMILES string of the molecule is COc1cc(Cl)cc(-c2cc(C(=O)O)[nH]n2)c1OC1CCCC1. The number of aromatic amines is 1. The van der Waals surface area contributed by atoms with Crippen LogP contribution in [0.4, 0.5) is 0 Å². The average molecular weight is 337 g/mol. The van der Waals surface area contributed by atoms with Crippen molar-refractivity contribution in [2.75, 3.05) is 7.11 Å². The highest BCUT2D eigenvalue weighted by Gasteiger charge is 2.23. The predicted octanol–water partition coefficient (Wildman–Crippen LogP) is 3.76. The van der Waals surface area contributed by atoms with Gasteiger partial charge in [0.1, 0.15) is 5.69 Å². The number of nitrogens with one attached hydrogen (secondary N) is 1. The van der Waals surface area contributed by atoms with Crippen LogP contribution in [0.25, 0.3) is 11.3 Å². The highest BCUT2D eigenvalue weighted by Crippen LogP contribution is 2.42. The third-order valence-electron chi connectivity index (χ3n) is 3.91. The fourth-order valence-corrected chi connectivity index (χ4v) is 2.98. The van der Waals surface area contributed by atoms with E-state index in [4.69, 9.17) is 26.2 Å². The lowest BCUT2D eigenvalue weighted by molar-refractivity contribution is 0.0690. The first-order chi connectivity index (χ1) is 11.1. The minimum Gasteiger partial charge on any atom is -0.493 e. The molecule has 6 nitrogen and oxygen atoms in total. The molecule has 3 rings (SSSR count). The number of methoxy groups -OCH3 is 1. The Bertz CT molecular complexity index is 723. The molecular weight excluding hydrogens is 320 g/mol. The number of carboxylic acid groups (broad SMARTS) is 1. The number of halogens is 1. The zero-order valence-electron chi connectivity index (χ0n) is 12.6. The van der Waals surface area contributed by atoms with Crippen LogP contribution >= 0.6 is 11.6 Å². The monoisotopic (exact) mass is 336 g/mol. The van der Waals surface area contributed by atoms with Gasteiger partial charge in [-0.3, -0.25) is 5.10 Å². The lowest BCUT2D eigenvalue weighted by atomic mass is 10.1. The van der Waals surface area contributed by atoms with Crippen molar-refractivity contribution in [3.05, 3.63) is 28.9 Å². The van der Waals surface area contributed by atoms with Gasteiger partial charge in [0.2, 0.25) is 0 Å².